The number of primary amides is 1. The molecule has 0 aromatic carbocycles. The van der Waals surface area contributed by atoms with Crippen molar-refractivity contribution in [3.63, 3.8) is 0 Å². The lowest BCUT2D eigenvalue weighted by Crippen LogP contribution is -2.39. The van der Waals surface area contributed by atoms with Gasteiger partial charge in [-0.3, -0.25) is 4.79 Å². The number of carbonyl (C=O) groups excluding carboxylic acids is 1. The number of halogens is 4. The van der Waals surface area contributed by atoms with Crippen LogP contribution in [0.15, 0.2) is 33.0 Å². The van der Waals surface area contributed by atoms with E-state index in [-0.39, 0.29) is 47.6 Å². The molecule has 3 atom stereocenters. The highest BCUT2D eigenvalue weighted by atomic mass is 35.5. The number of carbonyl (C=O) groups is 1. The fourth-order valence-corrected chi connectivity index (χ4v) is 5.22. The van der Waals surface area contributed by atoms with Gasteiger partial charge in [0.25, 0.3) is 0 Å². The number of amidine groups is 1. The fourth-order valence-electron chi connectivity index (χ4n) is 4.62. The monoisotopic (exact) mass is 557 g/mol. The molecule has 1 amide bonds. The number of allylic oxidation sites excluding steroid dienone is 4. The van der Waals surface area contributed by atoms with Crippen molar-refractivity contribution in [3.8, 4) is 0 Å². The third kappa shape index (κ3) is 7.30. The highest BCUT2D eigenvalue weighted by Crippen LogP contribution is 2.32. The molecule has 1 saturated carbocycles. The SMILES string of the molecule is CC(=Nc1cnc(N[C@H]2CCOC[C@H]2F)nc1NC1CCC(C(N)=O)CC1)NC1=C(Cl)C=C(Cl)CC1F. The minimum Gasteiger partial charge on any atom is -0.378 e. The van der Waals surface area contributed by atoms with Gasteiger partial charge in [-0.15, -0.1) is 0 Å². The van der Waals surface area contributed by atoms with Crippen LogP contribution in [0.4, 0.5) is 26.2 Å². The average molecular weight is 558 g/mol. The largest absolute Gasteiger partial charge is 0.378 e. The van der Waals surface area contributed by atoms with E-state index < -0.39 is 18.4 Å². The number of aliphatic imine (C=N–C) groups is 1. The van der Waals surface area contributed by atoms with Crippen LogP contribution in [0.3, 0.4) is 0 Å². The maximum atomic E-state index is 14.5. The van der Waals surface area contributed by atoms with Crippen LogP contribution in [-0.2, 0) is 9.53 Å². The minimum atomic E-state index is -1.39. The molecule has 1 saturated heterocycles. The maximum absolute atomic E-state index is 14.5. The number of nitrogens with one attached hydrogen (secondary N) is 3. The Morgan fingerprint density at radius 2 is 1.95 bits per heavy atom. The highest BCUT2D eigenvalue weighted by Gasteiger charge is 2.28. The van der Waals surface area contributed by atoms with Gasteiger partial charge in [0.1, 0.15) is 23.9 Å². The summed E-state index contributed by atoms with van der Waals surface area (Å²) in [5.74, 6) is 0.653. The second-order valence-corrected chi connectivity index (χ2v) is 10.4. The summed E-state index contributed by atoms with van der Waals surface area (Å²) in [6.45, 7) is 2.15. The normalized spacial score (nSPS) is 28.9. The molecule has 13 heteroatoms. The lowest BCUT2D eigenvalue weighted by Gasteiger charge is -2.29. The Morgan fingerprint density at radius 1 is 1.19 bits per heavy atom. The molecule has 1 aliphatic heterocycles. The molecule has 3 aliphatic rings. The summed E-state index contributed by atoms with van der Waals surface area (Å²) in [6, 6.07) is -0.428. The number of hydrogen-bond acceptors (Lipinski definition) is 7. The van der Waals surface area contributed by atoms with Gasteiger partial charge in [0, 0.05) is 30.0 Å². The van der Waals surface area contributed by atoms with Crippen molar-refractivity contribution in [2.75, 3.05) is 23.8 Å². The van der Waals surface area contributed by atoms with Crippen LogP contribution in [0.5, 0.6) is 0 Å². The Morgan fingerprint density at radius 3 is 2.62 bits per heavy atom. The third-order valence-corrected chi connectivity index (χ3v) is 7.25. The van der Waals surface area contributed by atoms with Crippen molar-refractivity contribution >= 4 is 52.4 Å². The predicted molar refractivity (Wildman–Crippen MR) is 141 cm³/mol. The average Bonchev–Trinajstić information content (AvgIpc) is 2.85. The van der Waals surface area contributed by atoms with Crippen molar-refractivity contribution in [2.45, 2.75) is 69.9 Å². The zero-order valence-electron chi connectivity index (χ0n) is 20.4. The van der Waals surface area contributed by atoms with E-state index in [4.69, 9.17) is 33.7 Å². The quantitative estimate of drug-likeness (QED) is 0.288. The van der Waals surface area contributed by atoms with E-state index in [0.29, 0.717) is 48.2 Å². The van der Waals surface area contributed by atoms with Crippen molar-refractivity contribution in [3.05, 3.63) is 28.0 Å². The van der Waals surface area contributed by atoms with Crippen molar-refractivity contribution < 1.29 is 18.3 Å². The summed E-state index contributed by atoms with van der Waals surface area (Å²) in [7, 11) is 0. The summed E-state index contributed by atoms with van der Waals surface area (Å²) >= 11 is 12.1. The number of alkyl halides is 2. The zero-order valence-corrected chi connectivity index (χ0v) is 22.0. The molecule has 1 aromatic heterocycles. The van der Waals surface area contributed by atoms with Gasteiger partial charge >= 0.3 is 0 Å². The van der Waals surface area contributed by atoms with E-state index in [1.54, 1.807) is 6.92 Å². The van der Waals surface area contributed by atoms with E-state index in [2.05, 4.69) is 30.9 Å². The van der Waals surface area contributed by atoms with Gasteiger partial charge in [-0.05, 0) is 45.1 Å². The van der Waals surface area contributed by atoms with Crippen LogP contribution in [0.1, 0.15) is 45.4 Å². The van der Waals surface area contributed by atoms with Crippen LogP contribution >= 0.6 is 23.2 Å². The van der Waals surface area contributed by atoms with Gasteiger partial charge in [-0.25, -0.2) is 18.8 Å². The smallest absolute Gasteiger partial charge is 0.225 e. The number of hydrogen-bond donors (Lipinski definition) is 4. The van der Waals surface area contributed by atoms with Gasteiger partial charge in [-0.2, -0.15) is 4.98 Å². The highest BCUT2D eigenvalue weighted by molar-refractivity contribution is 6.35. The Bertz CT molecular complexity index is 1090. The molecule has 9 nitrogen and oxygen atoms in total. The molecule has 4 rings (SSSR count). The van der Waals surface area contributed by atoms with Crippen LogP contribution in [-0.4, -0.2) is 59.4 Å². The van der Waals surface area contributed by atoms with Crippen molar-refractivity contribution in [1.82, 2.24) is 15.3 Å². The van der Waals surface area contributed by atoms with Crippen LogP contribution in [0.2, 0.25) is 0 Å². The molecular formula is C24H31Cl2F2N7O2. The Balaban J connectivity index is 1.55. The van der Waals surface area contributed by atoms with E-state index in [9.17, 15) is 13.6 Å². The first kappa shape index (κ1) is 27.5. The number of anilines is 2. The number of ether oxygens (including phenoxy) is 1. The van der Waals surface area contributed by atoms with Gasteiger partial charge < -0.3 is 26.4 Å². The second-order valence-electron chi connectivity index (χ2n) is 9.50. The zero-order chi connectivity index (χ0) is 26.5. The molecule has 2 fully saturated rings. The first-order chi connectivity index (χ1) is 17.7. The van der Waals surface area contributed by atoms with Gasteiger partial charge in [0.2, 0.25) is 11.9 Å². The van der Waals surface area contributed by atoms with E-state index >= 15 is 0 Å². The number of amides is 1. The number of nitrogens with zero attached hydrogens (tertiary/aromatic N) is 3. The molecule has 1 aromatic rings. The summed E-state index contributed by atoms with van der Waals surface area (Å²) in [6.07, 6.45) is 3.79. The lowest BCUT2D eigenvalue weighted by atomic mass is 9.85. The van der Waals surface area contributed by atoms with E-state index in [1.807, 2.05) is 0 Å². The first-order valence-corrected chi connectivity index (χ1v) is 13.1. The minimum absolute atomic E-state index is 0.0213. The molecule has 37 heavy (non-hydrogen) atoms. The topological polar surface area (TPSA) is 127 Å². The second kappa shape index (κ2) is 12.4. The number of nitrogens with two attached hydrogens (primary N) is 1. The summed E-state index contributed by atoms with van der Waals surface area (Å²) in [4.78, 5) is 25.0. The molecule has 0 spiro atoms. The van der Waals surface area contributed by atoms with E-state index in [1.165, 1.54) is 12.3 Å². The third-order valence-electron chi connectivity index (χ3n) is 6.67. The number of rotatable bonds is 7. The molecule has 1 unspecified atom stereocenters. The fraction of sp³-hybridized carbons (Fsp3) is 0.583. The lowest BCUT2D eigenvalue weighted by molar-refractivity contribution is -0.122. The van der Waals surface area contributed by atoms with Crippen molar-refractivity contribution in [2.24, 2.45) is 16.6 Å². The Labute approximate surface area is 224 Å². The molecule has 0 radical (unpaired) electrons. The molecule has 2 aliphatic carbocycles. The molecular weight excluding hydrogens is 527 g/mol. The molecule has 5 N–H and O–H groups in total. The Kier molecular flexibility index (Phi) is 9.20. The van der Waals surface area contributed by atoms with E-state index in [0.717, 1.165) is 12.8 Å². The van der Waals surface area contributed by atoms with Gasteiger partial charge in [0.05, 0.1) is 29.6 Å². The van der Waals surface area contributed by atoms with Crippen LogP contribution in [0.25, 0.3) is 0 Å². The summed E-state index contributed by atoms with van der Waals surface area (Å²) in [5, 5.41) is 9.90. The van der Waals surface area contributed by atoms with Crippen molar-refractivity contribution in [1.29, 1.82) is 0 Å². The standard InChI is InChI=1S/C24H31Cl2F2N7O2/c1-12(32-21-16(26)8-14(25)9-17(21)27)31-20-10-30-24(34-19-6-7-37-11-18(19)28)35-23(20)33-15-4-2-13(3-5-15)22(29)36/h8,10,13,15,17-19H,2-7,9,11H2,1H3,(H2,29,36)(H,31,32)(H2,30,33,34,35)/t13?,15?,17?,18-,19+/m1/s1. The number of aromatic nitrogens is 2. The summed E-state index contributed by atoms with van der Waals surface area (Å²) in [5.41, 5.74) is 6.05. The molecule has 2 heterocycles. The maximum Gasteiger partial charge on any atom is 0.225 e. The molecule has 202 valence electrons. The Hall–Kier alpha value is -2.50. The van der Waals surface area contributed by atoms with Gasteiger partial charge in [0.15, 0.2) is 5.82 Å². The van der Waals surface area contributed by atoms with Crippen LogP contribution in [0, 0.1) is 5.92 Å². The predicted octanol–water partition coefficient (Wildman–Crippen LogP) is 4.43. The molecule has 0 bridgehead atoms. The van der Waals surface area contributed by atoms with Crippen LogP contribution < -0.4 is 21.7 Å². The summed E-state index contributed by atoms with van der Waals surface area (Å²) < 4.78 is 34.0. The first-order valence-electron chi connectivity index (χ1n) is 12.3. The van der Waals surface area contributed by atoms with Gasteiger partial charge in [-0.1, -0.05) is 23.2 Å².